The second-order valence-electron chi connectivity index (χ2n) is 4.57. The molecular weight excluding hydrogens is 343 g/mol. The Morgan fingerprint density at radius 3 is 2.85 bits per heavy atom. The second-order valence-corrected chi connectivity index (χ2v) is 6.74. The van der Waals surface area contributed by atoms with E-state index in [2.05, 4.69) is 4.99 Å². The first-order valence-electron chi connectivity index (χ1n) is 5.94. The van der Waals surface area contributed by atoms with E-state index < -0.39 is 5.72 Å². The summed E-state index contributed by atoms with van der Waals surface area (Å²) in [6, 6.07) is 3.08. The zero-order chi connectivity index (χ0) is 14.3. The highest BCUT2D eigenvalue weighted by molar-refractivity contribution is 8.14. The molecule has 1 aromatic carbocycles. The van der Waals surface area contributed by atoms with Crippen molar-refractivity contribution in [2.75, 3.05) is 25.4 Å². The molecule has 2 aliphatic heterocycles. The highest BCUT2D eigenvalue weighted by Crippen LogP contribution is 2.37. The minimum Gasteiger partial charge on any atom is -0.487 e. The summed E-state index contributed by atoms with van der Waals surface area (Å²) in [5.41, 5.74) is -1.06. The molecule has 0 saturated carbocycles. The molecule has 2 aliphatic rings. The normalized spacial score (nSPS) is 24.8. The molecule has 0 amide bonds. The molecule has 108 valence electrons. The Balaban J connectivity index is 1.74. The lowest BCUT2D eigenvalue weighted by atomic mass is 10.2. The topological polar surface area (TPSA) is 45.1 Å². The third kappa shape index (κ3) is 2.57. The van der Waals surface area contributed by atoms with Crippen LogP contribution in [0.2, 0.25) is 15.1 Å². The van der Waals surface area contributed by atoms with Gasteiger partial charge in [-0.2, -0.15) is 0 Å². The highest BCUT2D eigenvalue weighted by Gasteiger charge is 2.45. The predicted molar refractivity (Wildman–Crippen MR) is 83.4 cm³/mol. The summed E-state index contributed by atoms with van der Waals surface area (Å²) in [7, 11) is 0. The van der Waals surface area contributed by atoms with Gasteiger partial charge in [-0.05, 0) is 6.07 Å². The number of amidine groups is 1. The van der Waals surface area contributed by atoms with Crippen molar-refractivity contribution in [1.29, 1.82) is 0 Å². The maximum atomic E-state index is 10.6. The zero-order valence-electron chi connectivity index (χ0n) is 10.3. The summed E-state index contributed by atoms with van der Waals surface area (Å²) >= 11 is 19.4. The van der Waals surface area contributed by atoms with Gasteiger partial charge in [0.1, 0.15) is 12.4 Å². The van der Waals surface area contributed by atoms with Crippen LogP contribution in [0.4, 0.5) is 0 Å². The fourth-order valence-corrected chi connectivity index (χ4v) is 3.91. The molecular formula is C12H11Cl3N2O2S. The van der Waals surface area contributed by atoms with E-state index in [1.165, 1.54) is 17.8 Å². The van der Waals surface area contributed by atoms with Gasteiger partial charge in [0, 0.05) is 12.6 Å². The first-order valence-corrected chi connectivity index (χ1v) is 8.06. The first kappa shape index (κ1) is 14.6. The van der Waals surface area contributed by atoms with Gasteiger partial charge in [-0.1, -0.05) is 46.6 Å². The predicted octanol–water partition coefficient (Wildman–Crippen LogP) is 3.13. The van der Waals surface area contributed by atoms with Crippen molar-refractivity contribution in [3.05, 3.63) is 27.2 Å². The molecule has 1 saturated heterocycles. The monoisotopic (exact) mass is 352 g/mol. The molecule has 20 heavy (non-hydrogen) atoms. The summed E-state index contributed by atoms with van der Waals surface area (Å²) in [5, 5.41) is 12.6. The first-order chi connectivity index (χ1) is 9.49. The number of fused-ring (bicyclic) bond motifs is 1. The quantitative estimate of drug-likeness (QED) is 0.848. The van der Waals surface area contributed by atoms with Crippen molar-refractivity contribution < 1.29 is 9.84 Å². The van der Waals surface area contributed by atoms with Crippen LogP contribution in [0, 0.1) is 0 Å². The van der Waals surface area contributed by atoms with Gasteiger partial charge in [-0.25, -0.2) is 0 Å². The Morgan fingerprint density at radius 1 is 1.30 bits per heavy atom. The Bertz CT molecular complexity index is 584. The lowest BCUT2D eigenvalue weighted by Gasteiger charge is -2.31. The van der Waals surface area contributed by atoms with Crippen LogP contribution in [0.25, 0.3) is 0 Å². The third-order valence-electron chi connectivity index (χ3n) is 3.17. The fraction of sp³-hybridized carbons (Fsp3) is 0.417. The van der Waals surface area contributed by atoms with E-state index in [0.29, 0.717) is 39.7 Å². The van der Waals surface area contributed by atoms with Crippen molar-refractivity contribution in [3.8, 4) is 5.75 Å². The number of rotatable bonds is 3. The van der Waals surface area contributed by atoms with Gasteiger partial charge in [0.05, 0.1) is 27.4 Å². The highest BCUT2D eigenvalue weighted by atomic mass is 35.5. The maximum absolute atomic E-state index is 10.6. The average Bonchev–Trinajstić information content (AvgIpc) is 2.98. The molecule has 4 nitrogen and oxygen atoms in total. The number of hydrogen-bond donors (Lipinski definition) is 1. The summed E-state index contributed by atoms with van der Waals surface area (Å²) in [6.07, 6.45) is 0. The van der Waals surface area contributed by atoms with Crippen molar-refractivity contribution in [3.63, 3.8) is 0 Å². The standard InChI is InChI=1S/C12H11Cl3N2O2S/c13-7-3-9(15)10(4-8(7)14)19-5-12(18)6-20-11-16-1-2-17(11)12/h3-4,18H,1-2,5-6H2. The average molecular weight is 354 g/mol. The molecule has 8 heteroatoms. The van der Waals surface area contributed by atoms with Crippen molar-refractivity contribution >= 4 is 51.7 Å². The van der Waals surface area contributed by atoms with Crippen LogP contribution in [0.5, 0.6) is 5.75 Å². The third-order valence-corrected chi connectivity index (χ3v) is 5.40. The summed E-state index contributed by atoms with van der Waals surface area (Å²) in [5.74, 6) is 0.925. The van der Waals surface area contributed by atoms with E-state index in [1.54, 1.807) is 6.07 Å². The van der Waals surface area contributed by atoms with Crippen molar-refractivity contribution in [2.45, 2.75) is 5.72 Å². The van der Waals surface area contributed by atoms with Crippen molar-refractivity contribution in [1.82, 2.24) is 4.90 Å². The Kier molecular flexibility index (Phi) is 3.99. The molecule has 0 radical (unpaired) electrons. The molecule has 1 unspecified atom stereocenters. The van der Waals surface area contributed by atoms with Crippen LogP contribution >= 0.6 is 46.6 Å². The van der Waals surface area contributed by atoms with Gasteiger partial charge >= 0.3 is 0 Å². The van der Waals surface area contributed by atoms with Crippen LogP contribution in [-0.4, -0.2) is 46.3 Å². The van der Waals surface area contributed by atoms with Gasteiger partial charge in [-0.3, -0.25) is 4.99 Å². The van der Waals surface area contributed by atoms with Crippen LogP contribution in [0.15, 0.2) is 17.1 Å². The molecule has 1 N–H and O–H groups in total. The molecule has 1 atom stereocenters. The number of aliphatic hydroxyl groups is 1. The largest absolute Gasteiger partial charge is 0.487 e. The number of hydrogen-bond acceptors (Lipinski definition) is 5. The minimum absolute atomic E-state index is 0.0939. The molecule has 3 rings (SSSR count). The number of thioether (sulfide) groups is 1. The number of ether oxygens (including phenoxy) is 1. The number of benzene rings is 1. The molecule has 0 bridgehead atoms. The number of nitrogens with zero attached hydrogens (tertiary/aromatic N) is 2. The Labute approximate surface area is 135 Å². The second kappa shape index (κ2) is 5.46. The maximum Gasteiger partial charge on any atom is 0.184 e. The SMILES string of the molecule is OC1(COc2cc(Cl)c(Cl)cc2Cl)CSC2=NCCN21. The van der Waals surface area contributed by atoms with Gasteiger partial charge in [0.15, 0.2) is 10.9 Å². The zero-order valence-corrected chi connectivity index (χ0v) is 13.4. The molecule has 0 aromatic heterocycles. The Hall–Kier alpha value is -0.330. The summed E-state index contributed by atoms with van der Waals surface area (Å²) in [4.78, 5) is 6.18. The Morgan fingerprint density at radius 2 is 2.05 bits per heavy atom. The van der Waals surface area contributed by atoms with E-state index in [1.807, 2.05) is 4.90 Å². The van der Waals surface area contributed by atoms with Crippen LogP contribution in [-0.2, 0) is 0 Å². The molecule has 1 aromatic rings. The van der Waals surface area contributed by atoms with Gasteiger partial charge in [-0.15, -0.1) is 0 Å². The molecule has 0 spiro atoms. The van der Waals surface area contributed by atoms with Gasteiger partial charge in [0.25, 0.3) is 0 Å². The van der Waals surface area contributed by atoms with Crippen LogP contribution in [0.1, 0.15) is 0 Å². The molecule has 2 heterocycles. The van der Waals surface area contributed by atoms with Crippen molar-refractivity contribution in [2.24, 2.45) is 4.99 Å². The van der Waals surface area contributed by atoms with E-state index >= 15 is 0 Å². The number of halogens is 3. The minimum atomic E-state index is -1.06. The smallest absolute Gasteiger partial charge is 0.184 e. The number of aliphatic imine (C=N–C) groups is 1. The van der Waals surface area contributed by atoms with E-state index in [4.69, 9.17) is 39.5 Å². The van der Waals surface area contributed by atoms with E-state index in [0.717, 1.165) is 5.17 Å². The van der Waals surface area contributed by atoms with E-state index in [-0.39, 0.29) is 6.61 Å². The van der Waals surface area contributed by atoms with E-state index in [9.17, 15) is 5.11 Å². The van der Waals surface area contributed by atoms with Gasteiger partial charge < -0.3 is 14.7 Å². The van der Waals surface area contributed by atoms with Gasteiger partial charge in [0.2, 0.25) is 0 Å². The molecule has 1 fully saturated rings. The lowest BCUT2D eigenvalue weighted by molar-refractivity contribution is -0.0694. The van der Waals surface area contributed by atoms with Crippen LogP contribution in [0.3, 0.4) is 0 Å². The summed E-state index contributed by atoms with van der Waals surface area (Å²) in [6.45, 7) is 1.51. The van der Waals surface area contributed by atoms with Crippen LogP contribution < -0.4 is 4.74 Å². The lowest BCUT2D eigenvalue weighted by Crippen LogP contribution is -2.51. The summed E-state index contributed by atoms with van der Waals surface area (Å²) < 4.78 is 5.63. The molecule has 0 aliphatic carbocycles. The fourth-order valence-electron chi connectivity index (χ4n) is 2.12.